The monoisotopic (exact) mass is 875 g/mol. The zero-order chi connectivity index (χ0) is 42.7. The van der Waals surface area contributed by atoms with Crippen molar-refractivity contribution in [1.82, 2.24) is 0 Å². The molecule has 0 saturated heterocycles. The maximum atomic E-state index is 5.20. The minimum atomic E-state index is 0. The Balaban J connectivity index is 0.0000186. The van der Waals surface area contributed by atoms with Gasteiger partial charge in [0.25, 0.3) is 0 Å². The van der Waals surface area contributed by atoms with Crippen LogP contribution in [0.25, 0.3) is 0 Å². The standard InChI is InChI=1S/C58H92N2.Ni/c1-4-7-10-12-14-16-18-20-22-24-26-28-30-32-34-36-38-40-46-54-48-42-44-51-57(54)59-53-56(50-9-6-3)60-58-52-45-43-49-55(58)47-41-39-37-35-33-31-29-27-25-23-21-19-17-15-13-11-8-5-2;/h42-45,48-49,51-53H,4-33,38-41,46-47,50H2,1-3H3;. The molecule has 0 aliphatic rings. The fourth-order valence-electron chi connectivity index (χ4n) is 8.04. The van der Waals surface area contributed by atoms with E-state index in [4.69, 9.17) is 9.98 Å². The minimum absolute atomic E-state index is 0. The van der Waals surface area contributed by atoms with Gasteiger partial charge in [0, 0.05) is 48.4 Å². The second-order valence-corrected chi connectivity index (χ2v) is 17.6. The molecule has 0 unspecified atom stereocenters. The van der Waals surface area contributed by atoms with Crippen molar-refractivity contribution in [2.45, 2.75) is 258 Å². The van der Waals surface area contributed by atoms with E-state index in [2.05, 4.69) is 93.0 Å². The van der Waals surface area contributed by atoms with Crippen molar-refractivity contribution in [3.05, 3.63) is 59.7 Å². The maximum absolute atomic E-state index is 5.20. The summed E-state index contributed by atoms with van der Waals surface area (Å²) in [6, 6.07) is 17.3. The van der Waals surface area contributed by atoms with Crippen molar-refractivity contribution >= 4 is 23.3 Å². The third kappa shape index (κ3) is 33.6. The summed E-state index contributed by atoms with van der Waals surface area (Å²) in [6.07, 6.45) is 49.8. The summed E-state index contributed by atoms with van der Waals surface area (Å²) in [5.41, 5.74) is 5.83. The van der Waals surface area contributed by atoms with Crippen LogP contribution in [-0.2, 0) is 29.3 Å². The van der Waals surface area contributed by atoms with Crippen LogP contribution in [0.4, 0.5) is 11.4 Å². The molecule has 0 aromatic heterocycles. The average molecular weight is 876 g/mol. The fraction of sp³-hybridized carbons (Fsp3) is 0.690. The maximum Gasteiger partial charge on any atom is 0.0665 e. The molecule has 2 aromatic carbocycles. The Kier molecular flexibility index (Phi) is 40.7. The summed E-state index contributed by atoms with van der Waals surface area (Å²) in [7, 11) is 0. The van der Waals surface area contributed by atoms with E-state index in [0.29, 0.717) is 0 Å². The van der Waals surface area contributed by atoms with E-state index in [9.17, 15) is 0 Å². The van der Waals surface area contributed by atoms with Gasteiger partial charge in [-0.15, -0.1) is 23.7 Å². The van der Waals surface area contributed by atoms with Gasteiger partial charge in [-0.3, -0.25) is 9.98 Å². The Morgan fingerprint density at radius 1 is 0.393 bits per heavy atom. The fourth-order valence-corrected chi connectivity index (χ4v) is 8.04. The Morgan fingerprint density at radius 2 is 0.721 bits per heavy atom. The first-order chi connectivity index (χ1) is 29.8. The molecule has 3 heteroatoms. The first kappa shape index (κ1) is 56.4. The Hall–Kier alpha value is -2.61. The molecule has 0 radical (unpaired) electrons. The van der Waals surface area contributed by atoms with Gasteiger partial charge in [-0.1, -0.05) is 218 Å². The first-order valence-corrected chi connectivity index (χ1v) is 26.0. The molecule has 0 N–H and O–H groups in total. The van der Waals surface area contributed by atoms with Crippen LogP contribution in [0.3, 0.4) is 0 Å². The number of aliphatic imine (C=N–C) groups is 2. The summed E-state index contributed by atoms with van der Waals surface area (Å²) in [5.74, 6) is 13.8. The van der Waals surface area contributed by atoms with E-state index >= 15 is 0 Å². The third-order valence-corrected chi connectivity index (χ3v) is 11.9. The van der Waals surface area contributed by atoms with Gasteiger partial charge in [-0.2, -0.15) is 0 Å². The summed E-state index contributed by atoms with van der Waals surface area (Å²) < 4.78 is 0. The molecule has 0 amide bonds. The molecular formula is C58H92N2Ni. The predicted molar refractivity (Wildman–Crippen MR) is 270 cm³/mol. The molecule has 0 fully saturated rings. The second kappa shape index (κ2) is 44.0. The minimum Gasteiger partial charge on any atom is -0.255 e. The van der Waals surface area contributed by atoms with E-state index in [-0.39, 0.29) is 16.5 Å². The molecule has 0 saturated carbocycles. The van der Waals surface area contributed by atoms with Crippen LogP contribution in [0.2, 0.25) is 0 Å². The molecule has 0 atom stereocenters. The van der Waals surface area contributed by atoms with Gasteiger partial charge in [0.2, 0.25) is 0 Å². The zero-order valence-corrected chi connectivity index (χ0v) is 41.1. The van der Waals surface area contributed by atoms with Gasteiger partial charge in [0.15, 0.2) is 0 Å². The molecular weight excluding hydrogens is 783 g/mol. The van der Waals surface area contributed by atoms with E-state index < -0.39 is 0 Å². The largest absolute Gasteiger partial charge is 0.255 e. The Labute approximate surface area is 389 Å². The molecule has 2 rings (SSSR count). The molecule has 0 heterocycles. The van der Waals surface area contributed by atoms with Crippen molar-refractivity contribution in [2.24, 2.45) is 9.98 Å². The van der Waals surface area contributed by atoms with Crippen molar-refractivity contribution < 1.29 is 16.5 Å². The van der Waals surface area contributed by atoms with Crippen LogP contribution in [0, 0.1) is 23.7 Å². The smallest absolute Gasteiger partial charge is 0.0665 e. The molecule has 2 nitrogen and oxygen atoms in total. The number of unbranched alkanes of at least 4 members (excludes halogenated alkanes) is 29. The number of benzene rings is 2. The van der Waals surface area contributed by atoms with Gasteiger partial charge >= 0.3 is 0 Å². The van der Waals surface area contributed by atoms with Gasteiger partial charge in [-0.25, -0.2) is 0 Å². The first-order valence-electron chi connectivity index (χ1n) is 26.0. The van der Waals surface area contributed by atoms with Crippen molar-refractivity contribution in [1.29, 1.82) is 0 Å². The molecule has 0 aliphatic heterocycles. The van der Waals surface area contributed by atoms with Gasteiger partial charge in [0.05, 0.1) is 17.1 Å². The summed E-state index contributed by atoms with van der Waals surface area (Å²) in [5, 5.41) is 0. The number of para-hydroxylation sites is 2. The van der Waals surface area contributed by atoms with Gasteiger partial charge in [-0.05, 0) is 74.6 Å². The molecule has 0 spiro atoms. The van der Waals surface area contributed by atoms with Crippen LogP contribution >= 0.6 is 0 Å². The average Bonchev–Trinajstić information content (AvgIpc) is 3.27. The number of hydrogen-bond donors (Lipinski definition) is 0. The van der Waals surface area contributed by atoms with E-state index in [1.165, 1.54) is 178 Å². The quantitative estimate of drug-likeness (QED) is 0.0278. The van der Waals surface area contributed by atoms with Crippen molar-refractivity contribution in [2.75, 3.05) is 0 Å². The van der Waals surface area contributed by atoms with E-state index in [1.807, 2.05) is 6.21 Å². The molecule has 2 aromatic rings. The summed E-state index contributed by atoms with van der Waals surface area (Å²) in [6.45, 7) is 6.85. The summed E-state index contributed by atoms with van der Waals surface area (Å²) >= 11 is 0. The zero-order valence-electron chi connectivity index (χ0n) is 40.1. The van der Waals surface area contributed by atoms with E-state index in [0.717, 1.165) is 87.7 Å². The van der Waals surface area contributed by atoms with Crippen LogP contribution in [0.1, 0.15) is 257 Å². The van der Waals surface area contributed by atoms with Gasteiger partial charge < -0.3 is 0 Å². The molecule has 0 aliphatic carbocycles. The van der Waals surface area contributed by atoms with Crippen LogP contribution in [-0.4, -0.2) is 11.9 Å². The number of rotatable bonds is 38. The topological polar surface area (TPSA) is 24.7 Å². The second-order valence-electron chi connectivity index (χ2n) is 17.6. The number of aryl methyl sites for hydroxylation is 2. The number of hydrogen-bond acceptors (Lipinski definition) is 2. The summed E-state index contributed by atoms with van der Waals surface area (Å²) in [4.78, 5) is 10.2. The number of nitrogens with zero attached hydrogens (tertiary/aromatic N) is 2. The SMILES string of the molecule is CCCCCCCCCCCCCCCC#CCCCc1ccccc1N=CC(CCCC)=Nc1ccccc1CCCC#CCCCCCCCCCCCCCCC.[Ni]. The van der Waals surface area contributed by atoms with Crippen LogP contribution in [0.15, 0.2) is 58.5 Å². The Bertz CT molecular complexity index is 1470. The van der Waals surface area contributed by atoms with E-state index in [1.54, 1.807) is 0 Å². The van der Waals surface area contributed by atoms with Crippen molar-refractivity contribution in [3.8, 4) is 23.7 Å². The predicted octanol–water partition coefficient (Wildman–Crippen LogP) is 19.0. The van der Waals surface area contributed by atoms with Crippen LogP contribution < -0.4 is 0 Å². The third-order valence-electron chi connectivity index (χ3n) is 11.9. The molecule has 344 valence electrons. The van der Waals surface area contributed by atoms with Crippen LogP contribution in [0.5, 0.6) is 0 Å². The van der Waals surface area contributed by atoms with Gasteiger partial charge in [0.1, 0.15) is 0 Å². The Morgan fingerprint density at radius 3 is 1.13 bits per heavy atom. The molecule has 61 heavy (non-hydrogen) atoms. The van der Waals surface area contributed by atoms with Crippen molar-refractivity contribution in [3.63, 3.8) is 0 Å². The normalized spacial score (nSPS) is 11.3. The molecule has 0 bridgehead atoms.